The molecule has 1 N–H and O–H groups in total. The first-order valence-corrected chi connectivity index (χ1v) is 8.02. The van der Waals surface area contributed by atoms with Gasteiger partial charge in [0.25, 0.3) is 0 Å². The van der Waals surface area contributed by atoms with E-state index in [0.717, 1.165) is 5.56 Å². The number of furan rings is 1. The van der Waals surface area contributed by atoms with Crippen LogP contribution in [-0.2, 0) is 6.42 Å². The maximum Gasteiger partial charge on any atom is 0.433 e. The van der Waals surface area contributed by atoms with Crippen molar-refractivity contribution in [1.29, 1.82) is 5.26 Å². The number of aromatic amines is 1. The standard InChI is InChI=1S/C18H15N5O5/c1-26-14-5-3-11(7-15(14)27-2)8-16-20-18(22-21-16)12(10-19)9-13-4-6-17(28-13)23(24)25/h3-7,9H,8H2,1-2H3,(H,20,21,22)/b12-9+. The quantitative estimate of drug-likeness (QED) is 0.374. The number of nitriles is 1. The van der Waals surface area contributed by atoms with Crippen molar-refractivity contribution in [2.75, 3.05) is 14.2 Å². The van der Waals surface area contributed by atoms with E-state index in [2.05, 4.69) is 15.2 Å². The molecule has 0 spiro atoms. The van der Waals surface area contributed by atoms with Crippen molar-refractivity contribution in [3.05, 3.63) is 63.4 Å². The molecule has 0 bridgehead atoms. The Hall–Kier alpha value is -4.13. The zero-order valence-electron chi connectivity index (χ0n) is 15.0. The van der Waals surface area contributed by atoms with E-state index in [1.54, 1.807) is 20.3 Å². The van der Waals surface area contributed by atoms with Crippen molar-refractivity contribution in [2.24, 2.45) is 0 Å². The third-order valence-electron chi connectivity index (χ3n) is 3.79. The van der Waals surface area contributed by atoms with E-state index in [1.807, 2.05) is 18.2 Å². The smallest absolute Gasteiger partial charge is 0.433 e. The number of benzene rings is 1. The van der Waals surface area contributed by atoms with Gasteiger partial charge in [-0.15, -0.1) is 0 Å². The van der Waals surface area contributed by atoms with Crippen molar-refractivity contribution in [1.82, 2.24) is 15.2 Å². The molecule has 0 aliphatic rings. The fourth-order valence-electron chi connectivity index (χ4n) is 2.49. The molecule has 3 rings (SSSR count). The van der Waals surface area contributed by atoms with E-state index in [9.17, 15) is 15.4 Å². The predicted molar refractivity (Wildman–Crippen MR) is 97.6 cm³/mol. The third-order valence-corrected chi connectivity index (χ3v) is 3.79. The van der Waals surface area contributed by atoms with E-state index in [4.69, 9.17) is 13.9 Å². The summed E-state index contributed by atoms with van der Waals surface area (Å²) in [6, 6.07) is 10.0. The van der Waals surface area contributed by atoms with Crippen LogP contribution in [0.15, 0.2) is 34.7 Å². The highest BCUT2D eigenvalue weighted by Gasteiger charge is 2.14. The summed E-state index contributed by atoms with van der Waals surface area (Å²) in [4.78, 5) is 14.3. The molecule has 0 radical (unpaired) electrons. The van der Waals surface area contributed by atoms with E-state index < -0.39 is 10.8 Å². The SMILES string of the molecule is COc1ccc(Cc2nc(/C(C#N)=C/c3ccc([N+](=O)[O-])o3)n[nH]2)cc1OC. The van der Waals surface area contributed by atoms with Crippen LogP contribution in [0, 0.1) is 21.4 Å². The number of nitro groups is 1. The number of aromatic nitrogens is 3. The van der Waals surface area contributed by atoms with Gasteiger partial charge in [-0.2, -0.15) is 10.4 Å². The highest BCUT2D eigenvalue weighted by atomic mass is 16.6. The first-order valence-electron chi connectivity index (χ1n) is 8.02. The van der Waals surface area contributed by atoms with Crippen molar-refractivity contribution in [3.63, 3.8) is 0 Å². The Balaban J connectivity index is 1.81. The average molecular weight is 381 g/mol. The van der Waals surface area contributed by atoms with Crippen LogP contribution in [0.25, 0.3) is 11.6 Å². The minimum atomic E-state index is -0.655. The molecule has 10 nitrogen and oxygen atoms in total. The van der Waals surface area contributed by atoms with Crippen LogP contribution < -0.4 is 9.47 Å². The third kappa shape index (κ3) is 3.99. The second-order valence-electron chi connectivity index (χ2n) is 5.57. The van der Waals surface area contributed by atoms with E-state index in [0.29, 0.717) is 23.7 Å². The molecule has 0 aliphatic heterocycles. The highest BCUT2D eigenvalue weighted by molar-refractivity contribution is 5.85. The van der Waals surface area contributed by atoms with Gasteiger partial charge >= 0.3 is 5.88 Å². The molecule has 2 heterocycles. The molecule has 142 valence electrons. The van der Waals surface area contributed by atoms with Gasteiger partial charge in [-0.25, -0.2) is 4.98 Å². The lowest BCUT2D eigenvalue weighted by Gasteiger charge is -2.08. The van der Waals surface area contributed by atoms with Crippen molar-refractivity contribution < 1.29 is 18.8 Å². The Kier molecular flexibility index (Phi) is 5.36. The maximum absolute atomic E-state index is 10.7. The number of H-pyrrole nitrogens is 1. The van der Waals surface area contributed by atoms with Crippen LogP contribution in [0.3, 0.4) is 0 Å². The summed E-state index contributed by atoms with van der Waals surface area (Å²) in [5.41, 5.74) is 1.02. The first kappa shape index (κ1) is 18.7. The summed E-state index contributed by atoms with van der Waals surface area (Å²) < 4.78 is 15.5. The molecular formula is C18H15N5O5. The molecule has 10 heteroatoms. The zero-order valence-corrected chi connectivity index (χ0v) is 15.0. The Morgan fingerprint density at radius 1 is 1.32 bits per heavy atom. The molecule has 1 aromatic carbocycles. The summed E-state index contributed by atoms with van der Waals surface area (Å²) in [7, 11) is 3.11. The van der Waals surface area contributed by atoms with Crippen molar-refractivity contribution in [2.45, 2.75) is 6.42 Å². The fourth-order valence-corrected chi connectivity index (χ4v) is 2.49. The molecule has 3 aromatic rings. The largest absolute Gasteiger partial charge is 0.493 e. The minimum Gasteiger partial charge on any atom is -0.493 e. The van der Waals surface area contributed by atoms with Gasteiger partial charge in [0.2, 0.25) is 0 Å². The van der Waals surface area contributed by atoms with Crippen LogP contribution >= 0.6 is 0 Å². The lowest BCUT2D eigenvalue weighted by molar-refractivity contribution is -0.402. The Bertz CT molecular complexity index is 1080. The molecule has 2 aromatic heterocycles. The second kappa shape index (κ2) is 8.05. The van der Waals surface area contributed by atoms with Crippen LogP contribution in [0.4, 0.5) is 5.88 Å². The number of ether oxygens (including phenoxy) is 2. The molecular weight excluding hydrogens is 366 g/mol. The van der Waals surface area contributed by atoms with E-state index >= 15 is 0 Å². The summed E-state index contributed by atoms with van der Waals surface area (Å²) >= 11 is 0. The summed E-state index contributed by atoms with van der Waals surface area (Å²) in [6.07, 6.45) is 1.77. The molecule has 0 fully saturated rings. The normalized spacial score (nSPS) is 11.1. The summed E-state index contributed by atoms with van der Waals surface area (Å²) in [5, 5.41) is 26.9. The van der Waals surface area contributed by atoms with Gasteiger partial charge in [0, 0.05) is 12.5 Å². The lowest BCUT2D eigenvalue weighted by Crippen LogP contribution is -1.95. The van der Waals surface area contributed by atoms with Crippen LogP contribution in [0.2, 0.25) is 0 Å². The molecule has 0 amide bonds. The number of hydrogen-bond acceptors (Lipinski definition) is 8. The molecule has 0 unspecified atom stereocenters. The molecule has 0 aliphatic carbocycles. The van der Waals surface area contributed by atoms with Gasteiger partial charge in [0.1, 0.15) is 28.2 Å². The Morgan fingerprint density at radius 2 is 2.11 bits per heavy atom. The van der Waals surface area contributed by atoms with E-state index in [1.165, 1.54) is 18.2 Å². The number of allylic oxidation sites excluding steroid dienone is 1. The van der Waals surface area contributed by atoms with Gasteiger partial charge in [0.05, 0.1) is 20.3 Å². The zero-order chi connectivity index (χ0) is 20.1. The van der Waals surface area contributed by atoms with Crippen LogP contribution in [0.1, 0.15) is 23.0 Å². The van der Waals surface area contributed by atoms with Crippen molar-refractivity contribution >= 4 is 17.5 Å². The monoisotopic (exact) mass is 381 g/mol. The topological polar surface area (TPSA) is 140 Å². The van der Waals surface area contributed by atoms with Gasteiger partial charge in [-0.05, 0) is 23.8 Å². The maximum atomic E-state index is 10.7. The minimum absolute atomic E-state index is 0.110. The summed E-state index contributed by atoms with van der Waals surface area (Å²) in [6.45, 7) is 0. The molecule has 0 saturated carbocycles. The number of nitrogens with one attached hydrogen (secondary N) is 1. The summed E-state index contributed by atoms with van der Waals surface area (Å²) in [5.74, 6) is 1.66. The second-order valence-corrected chi connectivity index (χ2v) is 5.57. The molecule has 0 atom stereocenters. The lowest BCUT2D eigenvalue weighted by atomic mass is 10.1. The van der Waals surface area contributed by atoms with Gasteiger partial charge < -0.3 is 13.9 Å². The predicted octanol–water partition coefficient (Wildman–Crippen LogP) is 2.98. The van der Waals surface area contributed by atoms with Gasteiger partial charge in [0.15, 0.2) is 17.3 Å². The van der Waals surface area contributed by atoms with Crippen LogP contribution in [-0.4, -0.2) is 34.3 Å². The van der Waals surface area contributed by atoms with E-state index in [-0.39, 0.29) is 17.2 Å². The highest BCUT2D eigenvalue weighted by Crippen LogP contribution is 2.28. The number of methoxy groups -OCH3 is 2. The Labute approximate surface area is 159 Å². The first-order chi connectivity index (χ1) is 13.5. The average Bonchev–Trinajstić information content (AvgIpc) is 3.35. The van der Waals surface area contributed by atoms with Gasteiger partial charge in [-0.3, -0.25) is 15.2 Å². The number of hydrogen-bond donors (Lipinski definition) is 1. The molecule has 0 saturated heterocycles. The Morgan fingerprint density at radius 3 is 2.75 bits per heavy atom. The van der Waals surface area contributed by atoms with Gasteiger partial charge in [-0.1, -0.05) is 6.07 Å². The number of nitrogens with zero attached hydrogens (tertiary/aromatic N) is 4. The van der Waals surface area contributed by atoms with Crippen molar-refractivity contribution in [3.8, 4) is 17.6 Å². The van der Waals surface area contributed by atoms with Crippen LogP contribution in [0.5, 0.6) is 11.5 Å². The fraction of sp³-hybridized carbons (Fsp3) is 0.167. The molecule has 28 heavy (non-hydrogen) atoms. The number of rotatable bonds is 7.